The van der Waals surface area contributed by atoms with Gasteiger partial charge in [-0.3, -0.25) is 18.7 Å². The summed E-state index contributed by atoms with van der Waals surface area (Å²) in [5.74, 6) is -0.835. The molecular weight excluding hydrogens is 390 g/mol. The van der Waals surface area contributed by atoms with E-state index in [-0.39, 0.29) is 29.0 Å². The third kappa shape index (κ3) is 3.84. The molecule has 1 saturated heterocycles. The number of sulfonamides is 1. The van der Waals surface area contributed by atoms with Crippen molar-refractivity contribution in [1.82, 2.24) is 23.7 Å². The minimum absolute atomic E-state index is 0.0143. The summed E-state index contributed by atoms with van der Waals surface area (Å²) < 4.78 is 33.1. The Morgan fingerprint density at radius 2 is 1.86 bits per heavy atom. The standard InChI is InChI=1S/C16H21N5O6S/c1-19-13-11(15(23)20(2)16(19)24)3-4-12(18-13)14(22)17-5-10-28(25,26)21-6-8-27-9-7-21/h3-4H,5-10H2,1-2H3,(H,17,22). The quantitative estimate of drug-likeness (QED) is 0.603. The van der Waals surface area contributed by atoms with Crippen LogP contribution >= 0.6 is 0 Å². The highest BCUT2D eigenvalue weighted by Gasteiger charge is 2.24. The first kappa shape index (κ1) is 20.2. The van der Waals surface area contributed by atoms with Gasteiger partial charge in [0.15, 0.2) is 0 Å². The summed E-state index contributed by atoms with van der Waals surface area (Å²) >= 11 is 0. The van der Waals surface area contributed by atoms with Crippen molar-refractivity contribution in [2.75, 3.05) is 38.6 Å². The molecule has 3 rings (SSSR count). The molecule has 1 aliphatic heterocycles. The largest absolute Gasteiger partial charge is 0.379 e. The maximum Gasteiger partial charge on any atom is 0.332 e. The molecule has 152 valence electrons. The van der Waals surface area contributed by atoms with Crippen LogP contribution in [0.1, 0.15) is 10.5 Å². The van der Waals surface area contributed by atoms with Gasteiger partial charge in [0.1, 0.15) is 11.3 Å². The lowest BCUT2D eigenvalue weighted by Gasteiger charge is -2.26. The number of nitrogens with zero attached hydrogens (tertiary/aromatic N) is 4. The molecule has 12 heteroatoms. The van der Waals surface area contributed by atoms with E-state index in [4.69, 9.17) is 4.74 Å². The van der Waals surface area contributed by atoms with Gasteiger partial charge in [0, 0.05) is 33.7 Å². The maximum absolute atomic E-state index is 12.3. The number of nitrogens with one attached hydrogen (secondary N) is 1. The Labute approximate surface area is 160 Å². The number of hydrogen-bond donors (Lipinski definition) is 1. The van der Waals surface area contributed by atoms with Crippen molar-refractivity contribution in [3.05, 3.63) is 38.7 Å². The summed E-state index contributed by atoms with van der Waals surface area (Å²) in [6, 6.07) is 2.78. The van der Waals surface area contributed by atoms with Gasteiger partial charge in [-0.2, -0.15) is 4.31 Å². The van der Waals surface area contributed by atoms with E-state index < -0.39 is 27.2 Å². The molecule has 0 saturated carbocycles. The molecule has 28 heavy (non-hydrogen) atoms. The zero-order chi connectivity index (χ0) is 20.5. The average molecular weight is 411 g/mol. The number of morpholine rings is 1. The average Bonchev–Trinajstić information content (AvgIpc) is 2.70. The van der Waals surface area contributed by atoms with E-state index in [0.29, 0.717) is 26.3 Å². The molecular formula is C16H21N5O6S. The first-order valence-corrected chi connectivity index (χ1v) is 10.2. The van der Waals surface area contributed by atoms with Crippen LogP contribution in [0.2, 0.25) is 0 Å². The second-order valence-corrected chi connectivity index (χ2v) is 8.45. The fourth-order valence-corrected chi connectivity index (χ4v) is 4.24. The monoisotopic (exact) mass is 411 g/mol. The van der Waals surface area contributed by atoms with Gasteiger partial charge in [-0.15, -0.1) is 0 Å². The predicted molar refractivity (Wildman–Crippen MR) is 101 cm³/mol. The Hall–Kier alpha value is -2.57. The number of carbonyl (C=O) groups is 1. The number of carbonyl (C=O) groups excluding carboxylic acids is 1. The topological polar surface area (TPSA) is 133 Å². The molecule has 2 aromatic heterocycles. The molecule has 1 N–H and O–H groups in total. The molecule has 0 atom stereocenters. The molecule has 0 spiro atoms. The molecule has 3 heterocycles. The van der Waals surface area contributed by atoms with Crippen LogP contribution in [0.5, 0.6) is 0 Å². The maximum atomic E-state index is 12.3. The van der Waals surface area contributed by atoms with Crippen molar-refractivity contribution in [3.63, 3.8) is 0 Å². The van der Waals surface area contributed by atoms with Crippen molar-refractivity contribution in [2.24, 2.45) is 14.1 Å². The van der Waals surface area contributed by atoms with Gasteiger partial charge in [0.2, 0.25) is 10.0 Å². The van der Waals surface area contributed by atoms with Crippen LogP contribution in [0.25, 0.3) is 11.0 Å². The summed E-state index contributed by atoms with van der Waals surface area (Å²) in [5, 5.41) is 2.71. The van der Waals surface area contributed by atoms with E-state index in [1.54, 1.807) is 0 Å². The van der Waals surface area contributed by atoms with Crippen LogP contribution in [0, 0.1) is 0 Å². The van der Waals surface area contributed by atoms with Crippen molar-refractivity contribution in [1.29, 1.82) is 0 Å². The number of rotatable bonds is 5. The van der Waals surface area contributed by atoms with Crippen LogP contribution in [0.3, 0.4) is 0 Å². The van der Waals surface area contributed by atoms with E-state index in [0.717, 1.165) is 4.57 Å². The molecule has 0 aromatic carbocycles. The first-order chi connectivity index (χ1) is 13.2. The molecule has 2 aromatic rings. The predicted octanol–water partition coefficient (Wildman–Crippen LogP) is -1.98. The third-order valence-electron chi connectivity index (χ3n) is 4.54. The lowest BCUT2D eigenvalue weighted by Crippen LogP contribution is -2.43. The summed E-state index contributed by atoms with van der Waals surface area (Å²) in [4.78, 5) is 40.6. The fraction of sp³-hybridized carbons (Fsp3) is 0.500. The van der Waals surface area contributed by atoms with Crippen LogP contribution in [0.15, 0.2) is 21.7 Å². The second kappa shape index (κ2) is 7.81. The number of pyridine rings is 1. The summed E-state index contributed by atoms with van der Waals surface area (Å²) in [6.07, 6.45) is 0. The van der Waals surface area contributed by atoms with Gasteiger partial charge < -0.3 is 10.1 Å². The van der Waals surface area contributed by atoms with E-state index in [2.05, 4.69) is 10.3 Å². The Kier molecular flexibility index (Phi) is 5.63. The third-order valence-corrected chi connectivity index (χ3v) is 6.42. The van der Waals surface area contributed by atoms with E-state index in [1.807, 2.05) is 0 Å². The van der Waals surface area contributed by atoms with Crippen LogP contribution < -0.4 is 16.6 Å². The second-order valence-electron chi connectivity index (χ2n) is 6.36. The van der Waals surface area contributed by atoms with Gasteiger partial charge in [-0.25, -0.2) is 18.2 Å². The van der Waals surface area contributed by atoms with Gasteiger partial charge in [0.05, 0.1) is 24.4 Å². The summed E-state index contributed by atoms with van der Waals surface area (Å²) in [5.41, 5.74) is -0.991. The van der Waals surface area contributed by atoms with E-state index in [1.165, 1.54) is 35.1 Å². The molecule has 0 radical (unpaired) electrons. The van der Waals surface area contributed by atoms with E-state index >= 15 is 0 Å². The SMILES string of the molecule is Cn1c(=O)c2ccc(C(=O)NCCS(=O)(=O)N3CCOCC3)nc2n(C)c1=O. The molecule has 1 aliphatic rings. The molecule has 0 bridgehead atoms. The number of fused-ring (bicyclic) bond motifs is 1. The first-order valence-electron chi connectivity index (χ1n) is 8.63. The van der Waals surface area contributed by atoms with Crippen molar-refractivity contribution in [2.45, 2.75) is 0 Å². The minimum Gasteiger partial charge on any atom is -0.379 e. The highest BCUT2D eigenvalue weighted by atomic mass is 32.2. The van der Waals surface area contributed by atoms with Crippen LogP contribution in [0.4, 0.5) is 0 Å². The van der Waals surface area contributed by atoms with Crippen LogP contribution in [-0.4, -0.2) is 71.3 Å². The molecule has 1 fully saturated rings. The van der Waals surface area contributed by atoms with Gasteiger partial charge in [-0.1, -0.05) is 0 Å². The van der Waals surface area contributed by atoms with Crippen molar-refractivity contribution < 1.29 is 17.9 Å². The zero-order valence-electron chi connectivity index (χ0n) is 15.5. The molecule has 1 amide bonds. The molecule has 11 nitrogen and oxygen atoms in total. The Morgan fingerprint density at radius 3 is 2.54 bits per heavy atom. The summed E-state index contributed by atoms with van der Waals surface area (Å²) in [6.45, 7) is 1.21. The molecule has 0 aliphatic carbocycles. The Bertz CT molecular complexity index is 1130. The molecule has 0 unspecified atom stereocenters. The number of amides is 1. The van der Waals surface area contributed by atoms with Gasteiger partial charge >= 0.3 is 5.69 Å². The number of aromatic nitrogens is 3. The van der Waals surface area contributed by atoms with E-state index in [9.17, 15) is 22.8 Å². The van der Waals surface area contributed by atoms with Crippen molar-refractivity contribution in [3.8, 4) is 0 Å². The highest BCUT2D eigenvalue weighted by Crippen LogP contribution is 2.07. The zero-order valence-corrected chi connectivity index (χ0v) is 16.4. The Balaban J connectivity index is 1.73. The van der Waals surface area contributed by atoms with Crippen LogP contribution in [-0.2, 0) is 28.9 Å². The number of ether oxygens (including phenoxy) is 1. The minimum atomic E-state index is -3.49. The van der Waals surface area contributed by atoms with Crippen molar-refractivity contribution >= 4 is 27.0 Å². The normalized spacial score (nSPS) is 15.6. The lowest BCUT2D eigenvalue weighted by atomic mass is 10.2. The van der Waals surface area contributed by atoms with Gasteiger partial charge in [-0.05, 0) is 12.1 Å². The fourth-order valence-electron chi connectivity index (χ4n) is 2.92. The smallest absolute Gasteiger partial charge is 0.332 e. The number of hydrogen-bond acceptors (Lipinski definition) is 7. The summed E-state index contributed by atoms with van der Waals surface area (Å²) in [7, 11) is -0.677. The highest BCUT2D eigenvalue weighted by molar-refractivity contribution is 7.89. The Morgan fingerprint density at radius 1 is 1.18 bits per heavy atom. The number of aryl methyl sites for hydroxylation is 1. The van der Waals surface area contributed by atoms with Gasteiger partial charge in [0.25, 0.3) is 11.5 Å². The lowest BCUT2D eigenvalue weighted by molar-refractivity contribution is 0.0730.